The van der Waals surface area contributed by atoms with Gasteiger partial charge in [0.15, 0.2) is 5.82 Å². The van der Waals surface area contributed by atoms with Crippen LogP contribution in [0.5, 0.6) is 0 Å². The van der Waals surface area contributed by atoms with Gasteiger partial charge >= 0.3 is 0 Å². The minimum absolute atomic E-state index is 0.123. The molecule has 0 unspecified atom stereocenters. The molecule has 1 N–H and O–H groups in total. The van der Waals surface area contributed by atoms with E-state index in [1.54, 1.807) is 10.9 Å². The third kappa shape index (κ3) is 3.24. The van der Waals surface area contributed by atoms with Gasteiger partial charge in [0, 0.05) is 6.20 Å². The van der Waals surface area contributed by atoms with Crippen LogP contribution in [0.25, 0.3) is 0 Å². The summed E-state index contributed by atoms with van der Waals surface area (Å²) in [6.07, 6.45) is 1.67. The molecule has 0 fully saturated rings. The van der Waals surface area contributed by atoms with Gasteiger partial charge in [-0.2, -0.15) is 5.10 Å². The highest BCUT2D eigenvalue weighted by Gasteiger charge is 2.09. The molecular formula is C12H11Cl2N3O. The second-order valence-corrected chi connectivity index (χ2v) is 4.37. The van der Waals surface area contributed by atoms with E-state index in [4.69, 9.17) is 23.2 Å². The molecule has 1 aromatic heterocycles. The molecule has 0 aliphatic carbocycles. The van der Waals surface area contributed by atoms with Crippen LogP contribution in [0.1, 0.15) is 5.56 Å². The van der Waals surface area contributed by atoms with Crippen molar-refractivity contribution in [3.05, 3.63) is 47.1 Å². The quantitative estimate of drug-likeness (QED) is 0.877. The maximum atomic E-state index is 11.2. The summed E-state index contributed by atoms with van der Waals surface area (Å²) in [5.41, 5.74) is 1.10. The fraction of sp³-hybridized carbons (Fsp3) is 0.167. The molecule has 0 saturated carbocycles. The van der Waals surface area contributed by atoms with Crippen LogP contribution in [0.2, 0.25) is 5.02 Å². The zero-order chi connectivity index (χ0) is 13.0. The molecule has 0 bridgehead atoms. The third-order valence-corrected chi connectivity index (χ3v) is 2.80. The molecule has 0 radical (unpaired) electrons. The van der Waals surface area contributed by atoms with Crippen molar-refractivity contribution >= 4 is 34.9 Å². The predicted octanol–water partition coefficient (Wildman–Crippen LogP) is 2.76. The number of alkyl halides is 1. The minimum atomic E-state index is -0.330. The van der Waals surface area contributed by atoms with Gasteiger partial charge in [0.05, 0.1) is 6.54 Å². The molecule has 94 valence electrons. The van der Waals surface area contributed by atoms with Gasteiger partial charge in [-0.05, 0) is 5.56 Å². The van der Waals surface area contributed by atoms with Crippen molar-refractivity contribution in [1.29, 1.82) is 0 Å². The Bertz CT molecular complexity index is 540. The largest absolute Gasteiger partial charge is 0.307 e. The molecule has 0 spiro atoms. The van der Waals surface area contributed by atoms with Gasteiger partial charge < -0.3 is 5.32 Å². The number of anilines is 1. The van der Waals surface area contributed by atoms with Crippen molar-refractivity contribution < 1.29 is 4.79 Å². The molecule has 4 nitrogen and oxygen atoms in total. The Balaban J connectivity index is 2.11. The summed E-state index contributed by atoms with van der Waals surface area (Å²) in [7, 11) is 0. The fourth-order valence-corrected chi connectivity index (χ4v) is 1.76. The molecule has 2 aromatic rings. The molecule has 1 aromatic carbocycles. The maximum absolute atomic E-state index is 11.2. The summed E-state index contributed by atoms with van der Waals surface area (Å²) in [5.74, 6) is -0.121. The van der Waals surface area contributed by atoms with Gasteiger partial charge in [-0.1, -0.05) is 41.9 Å². The predicted molar refractivity (Wildman–Crippen MR) is 72.1 cm³/mol. The van der Waals surface area contributed by atoms with Crippen molar-refractivity contribution in [2.45, 2.75) is 6.54 Å². The molecule has 0 atom stereocenters. The first-order chi connectivity index (χ1) is 8.69. The molecule has 18 heavy (non-hydrogen) atoms. The summed E-state index contributed by atoms with van der Waals surface area (Å²) in [4.78, 5) is 11.2. The fourth-order valence-electron chi connectivity index (χ4n) is 1.50. The summed E-state index contributed by atoms with van der Waals surface area (Å²) in [5, 5.41) is 7.11. The van der Waals surface area contributed by atoms with Crippen LogP contribution >= 0.6 is 23.2 Å². The van der Waals surface area contributed by atoms with Crippen molar-refractivity contribution in [1.82, 2.24) is 9.78 Å². The van der Waals surface area contributed by atoms with E-state index in [1.807, 2.05) is 30.3 Å². The van der Waals surface area contributed by atoms with E-state index < -0.39 is 0 Å². The van der Waals surface area contributed by atoms with Gasteiger partial charge in [-0.15, -0.1) is 11.6 Å². The lowest BCUT2D eigenvalue weighted by atomic mass is 10.2. The normalized spacial score (nSPS) is 10.3. The average Bonchev–Trinajstić information content (AvgIpc) is 2.70. The number of nitrogens with zero attached hydrogens (tertiary/aromatic N) is 2. The zero-order valence-corrected chi connectivity index (χ0v) is 10.9. The Morgan fingerprint density at radius 3 is 2.72 bits per heavy atom. The number of rotatable bonds is 4. The molecular weight excluding hydrogens is 273 g/mol. The number of carbonyl (C=O) groups excluding carboxylic acids is 1. The van der Waals surface area contributed by atoms with Gasteiger partial charge in [-0.25, -0.2) is 0 Å². The minimum Gasteiger partial charge on any atom is -0.307 e. The average molecular weight is 284 g/mol. The summed E-state index contributed by atoms with van der Waals surface area (Å²) in [6, 6.07) is 9.85. The standard InChI is InChI=1S/C12H11Cl2N3O/c13-6-11(18)15-12-10(14)8-17(16-12)7-9-4-2-1-3-5-9/h1-5,8H,6-7H2,(H,15,16,18). The van der Waals surface area contributed by atoms with Gasteiger partial charge in [0.2, 0.25) is 5.91 Å². The summed E-state index contributed by atoms with van der Waals surface area (Å²) >= 11 is 11.4. The topological polar surface area (TPSA) is 46.9 Å². The van der Waals surface area contributed by atoms with E-state index in [9.17, 15) is 4.79 Å². The number of benzene rings is 1. The highest BCUT2D eigenvalue weighted by Crippen LogP contribution is 2.19. The van der Waals surface area contributed by atoms with E-state index in [0.717, 1.165) is 5.56 Å². The van der Waals surface area contributed by atoms with Crippen LogP contribution in [0.15, 0.2) is 36.5 Å². The second kappa shape index (κ2) is 5.89. The monoisotopic (exact) mass is 283 g/mol. The Morgan fingerprint density at radius 1 is 1.33 bits per heavy atom. The lowest BCUT2D eigenvalue weighted by molar-refractivity contribution is -0.113. The zero-order valence-electron chi connectivity index (χ0n) is 9.44. The number of carbonyl (C=O) groups is 1. The Hall–Kier alpha value is -1.52. The Morgan fingerprint density at radius 2 is 2.06 bits per heavy atom. The molecule has 0 aliphatic rings. The van der Waals surface area contributed by atoms with Crippen molar-refractivity contribution in [3.8, 4) is 0 Å². The van der Waals surface area contributed by atoms with Crippen molar-refractivity contribution in [2.75, 3.05) is 11.2 Å². The van der Waals surface area contributed by atoms with Crippen LogP contribution in [0.3, 0.4) is 0 Å². The molecule has 6 heteroatoms. The van der Waals surface area contributed by atoms with Gasteiger partial charge in [-0.3, -0.25) is 9.48 Å². The smallest absolute Gasteiger partial charge is 0.240 e. The van der Waals surface area contributed by atoms with Crippen LogP contribution in [0, 0.1) is 0 Å². The maximum Gasteiger partial charge on any atom is 0.240 e. The molecule has 2 rings (SSSR count). The van der Waals surface area contributed by atoms with Crippen molar-refractivity contribution in [3.63, 3.8) is 0 Å². The second-order valence-electron chi connectivity index (χ2n) is 3.69. The first-order valence-electron chi connectivity index (χ1n) is 5.31. The molecule has 0 aliphatic heterocycles. The van der Waals surface area contributed by atoms with Crippen LogP contribution in [0.4, 0.5) is 5.82 Å². The SMILES string of the molecule is O=C(CCl)Nc1nn(Cc2ccccc2)cc1Cl. The number of hydrogen-bond donors (Lipinski definition) is 1. The van der Waals surface area contributed by atoms with E-state index in [1.165, 1.54) is 0 Å². The molecule has 1 amide bonds. The van der Waals surface area contributed by atoms with Gasteiger partial charge in [0.25, 0.3) is 0 Å². The lowest BCUT2D eigenvalue weighted by Gasteiger charge is -2.01. The van der Waals surface area contributed by atoms with Crippen LogP contribution in [-0.4, -0.2) is 21.6 Å². The number of amides is 1. The number of halogens is 2. The third-order valence-electron chi connectivity index (χ3n) is 2.28. The van der Waals surface area contributed by atoms with Gasteiger partial charge in [0.1, 0.15) is 10.9 Å². The highest BCUT2D eigenvalue weighted by molar-refractivity contribution is 6.34. The highest BCUT2D eigenvalue weighted by atomic mass is 35.5. The summed E-state index contributed by atoms with van der Waals surface area (Å²) in [6.45, 7) is 0.595. The Labute approximate surface area is 115 Å². The van der Waals surface area contributed by atoms with Crippen LogP contribution < -0.4 is 5.32 Å². The summed E-state index contributed by atoms with van der Waals surface area (Å²) < 4.78 is 1.67. The van der Waals surface area contributed by atoms with E-state index >= 15 is 0 Å². The molecule has 0 saturated heterocycles. The van der Waals surface area contributed by atoms with Crippen LogP contribution in [-0.2, 0) is 11.3 Å². The number of aromatic nitrogens is 2. The lowest BCUT2D eigenvalue weighted by Crippen LogP contribution is -2.13. The first kappa shape index (κ1) is 12.9. The Kier molecular flexibility index (Phi) is 4.23. The molecule has 1 heterocycles. The number of nitrogens with one attached hydrogen (secondary N) is 1. The van der Waals surface area contributed by atoms with E-state index in [0.29, 0.717) is 17.4 Å². The van der Waals surface area contributed by atoms with E-state index in [-0.39, 0.29) is 11.8 Å². The first-order valence-corrected chi connectivity index (χ1v) is 6.23. The van der Waals surface area contributed by atoms with E-state index in [2.05, 4.69) is 10.4 Å². The number of hydrogen-bond acceptors (Lipinski definition) is 2. The van der Waals surface area contributed by atoms with Crippen molar-refractivity contribution in [2.24, 2.45) is 0 Å².